The number of nitrogens with zero attached hydrogens (tertiary/aromatic N) is 3. The van der Waals surface area contributed by atoms with Crippen LogP contribution in [-0.4, -0.2) is 55.5 Å². The third kappa shape index (κ3) is 5.09. The van der Waals surface area contributed by atoms with E-state index in [-0.39, 0.29) is 12.3 Å². The molecule has 0 spiro atoms. The minimum atomic E-state index is -0.511. The highest BCUT2D eigenvalue weighted by Crippen LogP contribution is 2.25. The van der Waals surface area contributed by atoms with Gasteiger partial charge in [-0.15, -0.1) is 10.2 Å². The zero-order chi connectivity index (χ0) is 21.6. The minimum Gasteiger partial charge on any atom is -0.465 e. The molecule has 0 saturated carbocycles. The predicted octanol–water partition coefficient (Wildman–Crippen LogP) is 2.99. The molecule has 0 atom stereocenters. The highest BCUT2D eigenvalue weighted by Gasteiger charge is 2.19. The predicted molar refractivity (Wildman–Crippen MR) is 115 cm³/mol. The largest absolute Gasteiger partial charge is 0.465 e. The SMILES string of the molecule is COC(=O)c1cc(N2CCOCC2)ccc1NC(=O)CCc1nnc(-c2ccsc2)o1. The number of thiophene rings is 1. The Morgan fingerprint density at radius 3 is 2.81 bits per heavy atom. The van der Waals surface area contributed by atoms with Gasteiger partial charge in [-0.05, 0) is 29.6 Å². The Labute approximate surface area is 183 Å². The molecule has 1 aliphatic heterocycles. The van der Waals surface area contributed by atoms with Crippen molar-refractivity contribution in [3.05, 3.63) is 46.5 Å². The summed E-state index contributed by atoms with van der Waals surface area (Å²) in [5.74, 6) is 0.0396. The first-order valence-corrected chi connectivity index (χ1v) is 10.8. The van der Waals surface area contributed by atoms with E-state index in [0.717, 1.165) is 24.3 Å². The lowest BCUT2D eigenvalue weighted by Crippen LogP contribution is -2.36. The van der Waals surface area contributed by atoms with Gasteiger partial charge in [0.2, 0.25) is 17.7 Å². The average Bonchev–Trinajstić information content (AvgIpc) is 3.50. The lowest BCUT2D eigenvalue weighted by Gasteiger charge is -2.29. The van der Waals surface area contributed by atoms with Crippen molar-refractivity contribution >= 4 is 34.6 Å². The number of anilines is 2. The van der Waals surface area contributed by atoms with Crippen molar-refractivity contribution in [3.8, 4) is 11.5 Å². The molecule has 162 valence electrons. The third-order valence-electron chi connectivity index (χ3n) is 4.86. The van der Waals surface area contributed by atoms with E-state index in [1.807, 2.05) is 22.9 Å². The second kappa shape index (κ2) is 9.71. The molecular weight excluding hydrogens is 420 g/mol. The number of nitrogens with one attached hydrogen (secondary N) is 1. The van der Waals surface area contributed by atoms with E-state index < -0.39 is 5.97 Å². The molecule has 2 aromatic heterocycles. The van der Waals surface area contributed by atoms with Gasteiger partial charge in [-0.3, -0.25) is 4.79 Å². The molecule has 1 saturated heterocycles. The molecule has 1 aliphatic rings. The van der Waals surface area contributed by atoms with Gasteiger partial charge in [-0.2, -0.15) is 11.3 Å². The summed E-state index contributed by atoms with van der Waals surface area (Å²) < 4.78 is 15.9. The quantitative estimate of drug-likeness (QED) is 0.557. The molecule has 31 heavy (non-hydrogen) atoms. The number of hydrogen-bond donors (Lipinski definition) is 1. The number of methoxy groups -OCH3 is 1. The second-order valence-electron chi connectivity index (χ2n) is 6.88. The topological polar surface area (TPSA) is 107 Å². The summed E-state index contributed by atoms with van der Waals surface area (Å²) in [4.78, 5) is 26.9. The maximum Gasteiger partial charge on any atom is 0.340 e. The number of carbonyl (C=O) groups excluding carboxylic acids is 2. The molecule has 10 heteroatoms. The Bertz CT molecular complexity index is 1040. The van der Waals surface area contributed by atoms with Crippen LogP contribution in [0.4, 0.5) is 11.4 Å². The van der Waals surface area contributed by atoms with E-state index in [4.69, 9.17) is 13.9 Å². The Kier molecular flexibility index (Phi) is 6.58. The zero-order valence-corrected chi connectivity index (χ0v) is 17.8. The molecule has 0 unspecified atom stereocenters. The number of aromatic nitrogens is 2. The summed E-state index contributed by atoms with van der Waals surface area (Å²) in [5, 5.41) is 14.6. The van der Waals surface area contributed by atoms with E-state index in [0.29, 0.717) is 42.7 Å². The van der Waals surface area contributed by atoms with E-state index in [2.05, 4.69) is 20.4 Å². The van der Waals surface area contributed by atoms with Crippen LogP contribution in [0, 0.1) is 0 Å². The summed E-state index contributed by atoms with van der Waals surface area (Å²) in [6, 6.07) is 7.22. The molecule has 1 amide bonds. The molecule has 3 heterocycles. The van der Waals surface area contributed by atoms with Crippen molar-refractivity contribution in [2.24, 2.45) is 0 Å². The molecule has 0 aliphatic carbocycles. The van der Waals surface area contributed by atoms with Gasteiger partial charge in [0.1, 0.15) is 0 Å². The third-order valence-corrected chi connectivity index (χ3v) is 5.54. The molecule has 1 aromatic carbocycles. The number of esters is 1. The van der Waals surface area contributed by atoms with Crippen LogP contribution in [0.3, 0.4) is 0 Å². The molecule has 1 fully saturated rings. The Morgan fingerprint density at radius 1 is 1.23 bits per heavy atom. The lowest BCUT2D eigenvalue weighted by atomic mass is 10.1. The number of aryl methyl sites for hydroxylation is 1. The summed E-state index contributed by atoms with van der Waals surface area (Å²) >= 11 is 1.54. The molecule has 3 aromatic rings. The fourth-order valence-corrected chi connectivity index (χ4v) is 3.86. The molecule has 0 radical (unpaired) electrons. The summed E-state index contributed by atoms with van der Waals surface area (Å²) in [6.07, 6.45) is 0.430. The van der Waals surface area contributed by atoms with Crippen LogP contribution in [0.1, 0.15) is 22.7 Å². The Hall–Kier alpha value is -3.24. The van der Waals surface area contributed by atoms with Crippen LogP contribution in [0.15, 0.2) is 39.4 Å². The first kappa shape index (κ1) is 21.0. The number of ether oxygens (including phenoxy) is 2. The Balaban J connectivity index is 1.41. The number of benzene rings is 1. The van der Waals surface area contributed by atoms with Gasteiger partial charge in [0.25, 0.3) is 0 Å². The molecule has 0 bridgehead atoms. The average molecular weight is 442 g/mol. The number of rotatable bonds is 7. The highest BCUT2D eigenvalue weighted by molar-refractivity contribution is 7.08. The molecule has 1 N–H and O–H groups in total. The fraction of sp³-hybridized carbons (Fsp3) is 0.333. The first-order valence-electron chi connectivity index (χ1n) is 9.84. The van der Waals surface area contributed by atoms with Crippen molar-refractivity contribution in [1.82, 2.24) is 10.2 Å². The van der Waals surface area contributed by atoms with Gasteiger partial charge in [-0.1, -0.05) is 0 Å². The smallest absolute Gasteiger partial charge is 0.340 e. The van der Waals surface area contributed by atoms with Crippen molar-refractivity contribution in [2.45, 2.75) is 12.8 Å². The van der Waals surface area contributed by atoms with Gasteiger partial charge in [0.05, 0.1) is 31.6 Å². The highest BCUT2D eigenvalue weighted by atomic mass is 32.1. The summed E-state index contributed by atoms with van der Waals surface area (Å²) in [5.41, 5.74) is 2.44. The maximum absolute atomic E-state index is 12.5. The Morgan fingerprint density at radius 2 is 2.06 bits per heavy atom. The van der Waals surface area contributed by atoms with Crippen molar-refractivity contribution in [3.63, 3.8) is 0 Å². The molecular formula is C21H22N4O5S. The normalized spacial score (nSPS) is 13.8. The van der Waals surface area contributed by atoms with Crippen LogP contribution in [0.5, 0.6) is 0 Å². The molecule has 4 rings (SSSR count). The lowest BCUT2D eigenvalue weighted by molar-refractivity contribution is -0.116. The summed E-state index contributed by atoms with van der Waals surface area (Å²) in [7, 11) is 1.32. The summed E-state index contributed by atoms with van der Waals surface area (Å²) in [6.45, 7) is 2.75. The van der Waals surface area contributed by atoms with Crippen LogP contribution < -0.4 is 10.2 Å². The van der Waals surface area contributed by atoms with Crippen molar-refractivity contribution in [2.75, 3.05) is 43.6 Å². The minimum absolute atomic E-state index is 0.136. The number of hydrogen-bond acceptors (Lipinski definition) is 9. The number of amides is 1. The van der Waals surface area contributed by atoms with E-state index in [9.17, 15) is 9.59 Å². The zero-order valence-electron chi connectivity index (χ0n) is 17.0. The standard InChI is InChI=1S/C21H22N4O5S/c1-28-21(27)16-12-15(25-7-9-29-10-8-25)2-3-17(16)22-18(26)4-5-19-23-24-20(30-19)14-6-11-31-13-14/h2-3,6,11-13H,4-5,7-10H2,1H3,(H,22,26). The first-order chi connectivity index (χ1) is 15.1. The van der Waals surface area contributed by atoms with Crippen LogP contribution >= 0.6 is 11.3 Å². The van der Waals surface area contributed by atoms with Gasteiger partial charge < -0.3 is 24.1 Å². The van der Waals surface area contributed by atoms with Gasteiger partial charge >= 0.3 is 5.97 Å². The molecule has 9 nitrogen and oxygen atoms in total. The van der Waals surface area contributed by atoms with E-state index >= 15 is 0 Å². The monoisotopic (exact) mass is 442 g/mol. The van der Waals surface area contributed by atoms with Crippen LogP contribution in [0.2, 0.25) is 0 Å². The van der Waals surface area contributed by atoms with Gasteiger partial charge in [-0.25, -0.2) is 4.79 Å². The van der Waals surface area contributed by atoms with Crippen molar-refractivity contribution < 1.29 is 23.5 Å². The number of morpholine rings is 1. The van der Waals surface area contributed by atoms with Gasteiger partial charge in [0, 0.05) is 42.6 Å². The van der Waals surface area contributed by atoms with Crippen molar-refractivity contribution in [1.29, 1.82) is 0 Å². The number of carbonyl (C=O) groups is 2. The second-order valence-corrected chi connectivity index (χ2v) is 7.66. The van der Waals surface area contributed by atoms with Gasteiger partial charge in [0.15, 0.2) is 0 Å². The van der Waals surface area contributed by atoms with E-state index in [1.165, 1.54) is 18.4 Å². The fourth-order valence-electron chi connectivity index (χ4n) is 3.23. The maximum atomic E-state index is 12.5. The van der Waals surface area contributed by atoms with E-state index in [1.54, 1.807) is 12.1 Å². The van der Waals surface area contributed by atoms with Crippen LogP contribution in [-0.2, 0) is 20.7 Å². The van der Waals surface area contributed by atoms with Crippen LogP contribution in [0.25, 0.3) is 11.5 Å².